The highest BCUT2D eigenvalue weighted by atomic mass is 79.9. The topological polar surface area (TPSA) is 15.3 Å². The zero-order chi connectivity index (χ0) is 13.1. The fourth-order valence-corrected chi connectivity index (χ4v) is 3.21. The first-order valence-electron chi connectivity index (χ1n) is 6.48. The molecule has 2 unspecified atom stereocenters. The number of benzene rings is 1. The maximum atomic E-state index is 13.9. The summed E-state index contributed by atoms with van der Waals surface area (Å²) in [5, 5.41) is 3.23. The summed E-state index contributed by atoms with van der Waals surface area (Å²) >= 11 is 3.42. The molecule has 0 saturated carbocycles. The molecule has 0 amide bonds. The van der Waals surface area contributed by atoms with Gasteiger partial charge in [0.2, 0.25) is 0 Å². The molecular weight excluding hydrogens is 295 g/mol. The number of hydrogen-bond donors (Lipinski definition) is 1. The molecule has 18 heavy (non-hydrogen) atoms. The van der Waals surface area contributed by atoms with E-state index in [1.54, 1.807) is 12.1 Å². The highest BCUT2D eigenvalue weighted by molar-refractivity contribution is 9.10. The zero-order valence-corrected chi connectivity index (χ0v) is 12.5. The maximum absolute atomic E-state index is 13.9. The van der Waals surface area contributed by atoms with Gasteiger partial charge in [0.25, 0.3) is 0 Å². The van der Waals surface area contributed by atoms with Gasteiger partial charge in [0.15, 0.2) is 0 Å². The first kappa shape index (κ1) is 14.0. The lowest BCUT2D eigenvalue weighted by Crippen LogP contribution is -2.38. The molecule has 4 heteroatoms. The van der Waals surface area contributed by atoms with Gasteiger partial charge in [-0.05, 0) is 51.6 Å². The predicted octanol–water partition coefficient (Wildman–Crippen LogP) is 3.33. The standard InChI is InChI=1S/C14H20BrFN2/c1-10(13-8-11(15)5-6-14(13)16)18-7-3-4-12(18)9-17-2/h5-6,8,10,12,17H,3-4,7,9H2,1-2H3. The number of rotatable bonds is 4. The summed E-state index contributed by atoms with van der Waals surface area (Å²) in [5.74, 6) is -0.110. The summed E-state index contributed by atoms with van der Waals surface area (Å²) in [7, 11) is 1.97. The molecule has 0 spiro atoms. The van der Waals surface area contributed by atoms with Gasteiger partial charge in [0.05, 0.1) is 0 Å². The molecule has 1 aromatic rings. The lowest BCUT2D eigenvalue weighted by Gasteiger charge is -2.31. The van der Waals surface area contributed by atoms with Crippen LogP contribution in [0.5, 0.6) is 0 Å². The van der Waals surface area contributed by atoms with E-state index in [2.05, 4.69) is 33.1 Å². The molecule has 1 fully saturated rings. The molecule has 0 aromatic heterocycles. The van der Waals surface area contributed by atoms with E-state index in [1.165, 1.54) is 12.8 Å². The van der Waals surface area contributed by atoms with Gasteiger partial charge in [0, 0.05) is 28.7 Å². The fourth-order valence-electron chi connectivity index (χ4n) is 2.84. The summed E-state index contributed by atoms with van der Waals surface area (Å²) in [4.78, 5) is 2.40. The number of nitrogens with zero attached hydrogens (tertiary/aromatic N) is 1. The van der Waals surface area contributed by atoms with Gasteiger partial charge in [-0.15, -0.1) is 0 Å². The lowest BCUT2D eigenvalue weighted by molar-refractivity contribution is 0.187. The van der Waals surface area contributed by atoms with Gasteiger partial charge in [0.1, 0.15) is 5.82 Å². The Bertz CT molecular complexity index is 411. The van der Waals surface area contributed by atoms with Gasteiger partial charge in [-0.3, -0.25) is 4.90 Å². The van der Waals surface area contributed by atoms with E-state index in [4.69, 9.17) is 0 Å². The second-order valence-electron chi connectivity index (χ2n) is 4.93. The number of likely N-dealkylation sites (tertiary alicyclic amines) is 1. The first-order valence-corrected chi connectivity index (χ1v) is 7.28. The van der Waals surface area contributed by atoms with Gasteiger partial charge in [-0.2, -0.15) is 0 Å². The molecule has 2 rings (SSSR count). The van der Waals surface area contributed by atoms with Gasteiger partial charge < -0.3 is 5.32 Å². The van der Waals surface area contributed by atoms with Crippen LogP contribution in [0.1, 0.15) is 31.4 Å². The minimum atomic E-state index is -0.110. The minimum absolute atomic E-state index is 0.110. The molecule has 1 aliphatic heterocycles. The van der Waals surface area contributed by atoms with Crippen molar-refractivity contribution in [1.29, 1.82) is 0 Å². The van der Waals surface area contributed by atoms with Crippen molar-refractivity contribution < 1.29 is 4.39 Å². The number of halogens is 2. The van der Waals surface area contributed by atoms with Crippen molar-refractivity contribution in [2.24, 2.45) is 0 Å². The molecule has 1 heterocycles. The van der Waals surface area contributed by atoms with Gasteiger partial charge in [-0.1, -0.05) is 15.9 Å². The van der Waals surface area contributed by atoms with Gasteiger partial charge >= 0.3 is 0 Å². The minimum Gasteiger partial charge on any atom is -0.318 e. The summed E-state index contributed by atoms with van der Waals surface area (Å²) in [5.41, 5.74) is 0.785. The fraction of sp³-hybridized carbons (Fsp3) is 0.571. The van der Waals surface area contributed by atoms with Crippen molar-refractivity contribution in [1.82, 2.24) is 10.2 Å². The Hall–Kier alpha value is -0.450. The first-order chi connectivity index (χ1) is 8.63. The zero-order valence-electron chi connectivity index (χ0n) is 10.9. The monoisotopic (exact) mass is 314 g/mol. The van der Waals surface area contributed by atoms with E-state index >= 15 is 0 Å². The van der Waals surface area contributed by atoms with Crippen LogP contribution in [0.15, 0.2) is 22.7 Å². The van der Waals surface area contributed by atoms with Crippen LogP contribution < -0.4 is 5.32 Å². The van der Waals surface area contributed by atoms with Gasteiger partial charge in [-0.25, -0.2) is 4.39 Å². The van der Waals surface area contributed by atoms with Crippen molar-refractivity contribution in [3.8, 4) is 0 Å². The Morgan fingerprint density at radius 2 is 2.33 bits per heavy atom. The maximum Gasteiger partial charge on any atom is 0.128 e. The van der Waals surface area contributed by atoms with Crippen LogP contribution in [0.25, 0.3) is 0 Å². The van der Waals surface area contributed by atoms with Crippen molar-refractivity contribution >= 4 is 15.9 Å². The second-order valence-corrected chi connectivity index (χ2v) is 5.85. The van der Waals surface area contributed by atoms with Crippen LogP contribution in [-0.2, 0) is 0 Å². The van der Waals surface area contributed by atoms with Crippen LogP contribution in [0, 0.1) is 5.82 Å². The molecule has 2 atom stereocenters. The Labute approximate surface area is 117 Å². The Morgan fingerprint density at radius 1 is 1.56 bits per heavy atom. The van der Waals surface area contributed by atoms with Crippen molar-refractivity contribution in [2.75, 3.05) is 20.1 Å². The van der Waals surface area contributed by atoms with Crippen LogP contribution in [0.3, 0.4) is 0 Å². The third-order valence-electron chi connectivity index (χ3n) is 3.77. The van der Waals surface area contributed by atoms with E-state index in [1.807, 2.05) is 13.1 Å². The van der Waals surface area contributed by atoms with Crippen LogP contribution in [0.2, 0.25) is 0 Å². The molecule has 1 aliphatic rings. The quantitative estimate of drug-likeness (QED) is 0.917. The Morgan fingerprint density at radius 3 is 3.06 bits per heavy atom. The summed E-state index contributed by atoms with van der Waals surface area (Å²) in [6.07, 6.45) is 2.40. The molecule has 0 radical (unpaired) electrons. The number of likely N-dealkylation sites (N-methyl/N-ethyl adjacent to an activating group) is 1. The van der Waals surface area contributed by atoms with Crippen molar-refractivity contribution in [3.05, 3.63) is 34.1 Å². The third kappa shape index (κ3) is 2.92. The predicted molar refractivity (Wildman–Crippen MR) is 76.2 cm³/mol. The van der Waals surface area contributed by atoms with Crippen LogP contribution >= 0.6 is 15.9 Å². The van der Waals surface area contributed by atoms with Crippen molar-refractivity contribution in [3.63, 3.8) is 0 Å². The smallest absolute Gasteiger partial charge is 0.128 e. The summed E-state index contributed by atoms with van der Waals surface area (Å²) in [6.45, 7) is 4.12. The summed E-state index contributed by atoms with van der Waals surface area (Å²) in [6, 6.07) is 5.83. The van der Waals surface area contributed by atoms with E-state index in [9.17, 15) is 4.39 Å². The molecule has 0 bridgehead atoms. The summed E-state index contributed by atoms with van der Waals surface area (Å²) < 4.78 is 14.9. The van der Waals surface area contributed by atoms with E-state index in [-0.39, 0.29) is 11.9 Å². The largest absolute Gasteiger partial charge is 0.318 e. The Balaban J connectivity index is 2.19. The van der Waals surface area contributed by atoms with E-state index < -0.39 is 0 Å². The number of nitrogens with one attached hydrogen (secondary N) is 1. The molecule has 1 saturated heterocycles. The molecule has 1 aromatic carbocycles. The van der Waals surface area contributed by atoms with E-state index in [0.29, 0.717) is 6.04 Å². The lowest BCUT2D eigenvalue weighted by atomic mass is 10.1. The average Bonchev–Trinajstić information content (AvgIpc) is 2.80. The SMILES string of the molecule is CNCC1CCCN1C(C)c1cc(Br)ccc1F. The van der Waals surface area contributed by atoms with E-state index in [0.717, 1.165) is 23.1 Å². The van der Waals surface area contributed by atoms with Crippen LogP contribution in [0.4, 0.5) is 4.39 Å². The van der Waals surface area contributed by atoms with Crippen molar-refractivity contribution in [2.45, 2.75) is 31.8 Å². The highest BCUT2D eigenvalue weighted by Crippen LogP contribution is 2.31. The number of hydrogen-bond acceptors (Lipinski definition) is 2. The molecule has 0 aliphatic carbocycles. The molecule has 2 nitrogen and oxygen atoms in total. The second kappa shape index (κ2) is 6.13. The highest BCUT2D eigenvalue weighted by Gasteiger charge is 2.29. The normalized spacial score (nSPS) is 22.3. The Kier molecular flexibility index (Phi) is 4.76. The third-order valence-corrected chi connectivity index (χ3v) is 4.26. The van der Waals surface area contributed by atoms with Crippen LogP contribution in [-0.4, -0.2) is 31.1 Å². The molecule has 1 N–H and O–H groups in total. The average molecular weight is 315 g/mol. The molecular formula is C14H20BrFN2. The molecule has 100 valence electrons.